The molecule has 2 aliphatic rings. The fourth-order valence-corrected chi connectivity index (χ4v) is 4.62. The molecule has 3 aromatic rings. The van der Waals surface area contributed by atoms with Crippen molar-refractivity contribution in [3.8, 4) is 0 Å². The minimum absolute atomic E-state index is 0.111. The number of ether oxygens (including phenoxy) is 1. The van der Waals surface area contributed by atoms with E-state index in [2.05, 4.69) is 27.8 Å². The van der Waals surface area contributed by atoms with Gasteiger partial charge in [0.25, 0.3) is 5.91 Å². The van der Waals surface area contributed by atoms with Crippen LogP contribution in [0.15, 0.2) is 42.5 Å². The summed E-state index contributed by atoms with van der Waals surface area (Å²) in [5.41, 5.74) is 4.31. The van der Waals surface area contributed by atoms with E-state index in [4.69, 9.17) is 4.74 Å². The summed E-state index contributed by atoms with van der Waals surface area (Å²) < 4.78 is 21.3. The summed E-state index contributed by atoms with van der Waals surface area (Å²) in [6, 6.07) is 12.7. The molecule has 0 spiro atoms. The Morgan fingerprint density at radius 2 is 1.83 bits per heavy atom. The number of benzene rings is 2. The van der Waals surface area contributed by atoms with Gasteiger partial charge in [-0.3, -0.25) is 9.59 Å². The molecule has 1 N–H and O–H groups in total. The number of rotatable bonds is 4. The number of likely N-dealkylation sites (tertiary alicyclic amines) is 1. The van der Waals surface area contributed by atoms with Crippen LogP contribution in [-0.4, -0.2) is 44.8 Å². The minimum atomic E-state index is -0.304. The van der Waals surface area contributed by atoms with Crippen molar-refractivity contribution in [2.24, 2.45) is 5.92 Å². The number of amides is 2. The first-order valence-electron chi connectivity index (χ1n) is 11.9. The molecule has 35 heavy (non-hydrogen) atoms. The standard InChI is InChI=1S/C26H28FN5O3/c1-16-3-5-18(6-4-16)23-14-32-22(15-35-23)24(29-30-32)26(34)31-11-9-19(10-12-31)25(33)28-20-7-8-21(27)17(2)13-20/h3-8,13,19,23H,9-12,14-15H2,1-2H3,(H,28,33)/t23-/m0/s1. The molecule has 2 aliphatic heterocycles. The lowest BCUT2D eigenvalue weighted by Crippen LogP contribution is -2.42. The van der Waals surface area contributed by atoms with Crippen molar-refractivity contribution < 1.29 is 18.7 Å². The van der Waals surface area contributed by atoms with Crippen LogP contribution in [-0.2, 0) is 22.7 Å². The molecule has 0 saturated carbocycles. The van der Waals surface area contributed by atoms with Crippen molar-refractivity contribution in [2.75, 3.05) is 18.4 Å². The number of piperidine rings is 1. The van der Waals surface area contributed by atoms with Crippen molar-refractivity contribution in [3.63, 3.8) is 0 Å². The Labute approximate surface area is 203 Å². The number of hydrogen-bond acceptors (Lipinski definition) is 5. The zero-order chi connectivity index (χ0) is 24.5. The topological polar surface area (TPSA) is 89.4 Å². The molecule has 3 heterocycles. The second kappa shape index (κ2) is 9.58. The largest absolute Gasteiger partial charge is 0.365 e. The average molecular weight is 478 g/mol. The Kier molecular flexibility index (Phi) is 6.34. The fourth-order valence-electron chi connectivity index (χ4n) is 4.62. The first kappa shape index (κ1) is 23.2. The van der Waals surface area contributed by atoms with E-state index in [9.17, 15) is 14.0 Å². The van der Waals surface area contributed by atoms with Crippen molar-refractivity contribution in [1.29, 1.82) is 0 Å². The molecule has 5 rings (SSSR count). The van der Waals surface area contributed by atoms with Crippen molar-refractivity contribution in [1.82, 2.24) is 19.9 Å². The molecule has 8 nitrogen and oxygen atoms in total. The Morgan fingerprint density at radius 3 is 2.54 bits per heavy atom. The van der Waals surface area contributed by atoms with Gasteiger partial charge in [-0.25, -0.2) is 9.07 Å². The molecule has 2 aromatic carbocycles. The van der Waals surface area contributed by atoms with Crippen LogP contribution < -0.4 is 5.32 Å². The molecule has 9 heteroatoms. The first-order chi connectivity index (χ1) is 16.9. The summed E-state index contributed by atoms with van der Waals surface area (Å²) in [6.45, 7) is 5.39. The van der Waals surface area contributed by atoms with Crippen LogP contribution in [0.2, 0.25) is 0 Å². The second-order valence-electron chi connectivity index (χ2n) is 9.30. The minimum Gasteiger partial charge on any atom is -0.365 e. The lowest BCUT2D eigenvalue weighted by atomic mass is 9.95. The predicted molar refractivity (Wildman–Crippen MR) is 127 cm³/mol. The van der Waals surface area contributed by atoms with E-state index in [1.165, 1.54) is 11.6 Å². The number of aromatic nitrogens is 3. The van der Waals surface area contributed by atoms with Crippen LogP contribution in [0.1, 0.15) is 51.8 Å². The third-order valence-corrected chi connectivity index (χ3v) is 6.83. The van der Waals surface area contributed by atoms with E-state index in [1.54, 1.807) is 28.6 Å². The molecule has 182 valence electrons. The number of carbonyl (C=O) groups excluding carboxylic acids is 2. The molecule has 0 aliphatic carbocycles. The Balaban J connectivity index is 1.18. The van der Waals surface area contributed by atoms with Gasteiger partial charge in [0.15, 0.2) is 5.69 Å². The molecule has 1 aromatic heterocycles. The Bertz CT molecular complexity index is 1250. The van der Waals surface area contributed by atoms with Gasteiger partial charge in [-0.15, -0.1) is 5.10 Å². The summed E-state index contributed by atoms with van der Waals surface area (Å²) in [5, 5.41) is 11.3. The fraction of sp³-hybridized carbons (Fsp3) is 0.385. The van der Waals surface area contributed by atoms with Gasteiger partial charge in [0.2, 0.25) is 5.91 Å². The molecule has 2 amide bonds. The molecule has 0 bridgehead atoms. The van der Waals surface area contributed by atoms with Crippen LogP contribution in [0.3, 0.4) is 0 Å². The first-order valence-corrected chi connectivity index (χ1v) is 11.9. The average Bonchev–Trinajstić information content (AvgIpc) is 3.29. The lowest BCUT2D eigenvalue weighted by Gasteiger charge is -2.31. The van der Waals surface area contributed by atoms with Crippen LogP contribution in [0.4, 0.5) is 10.1 Å². The number of hydrogen-bond donors (Lipinski definition) is 1. The maximum atomic E-state index is 13.5. The summed E-state index contributed by atoms with van der Waals surface area (Å²) in [6.07, 6.45) is 0.965. The molecule has 0 radical (unpaired) electrons. The number of nitrogens with zero attached hydrogens (tertiary/aromatic N) is 4. The van der Waals surface area contributed by atoms with E-state index in [-0.39, 0.29) is 36.3 Å². The molecular formula is C26H28FN5O3. The van der Waals surface area contributed by atoms with Crippen LogP contribution in [0, 0.1) is 25.6 Å². The second-order valence-corrected chi connectivity index (χ2v) is 9.30. The maximum Gasteiger partial charge on any atom is 0.276 e. The number of nitrogens with one attached hydrogen (secondary N) is 1. The van der Waals surface area contributed by atoms with Crippen LogP contribution in [0.25, 0.3) is 0 Å². The summed E-state index contributed by atoms with van der Waals surface area (Å²) in [5.74, 6) is -0.810. The van der Waals surface area contributed by atoms with Gasteiger partial charge >= 0.3 is 0 Å². The third-order valence-electron chi connectivity index (χ3n) is 6.83. The van der Waals surface area contributed by atoms with Gasteiger partial charge in [0, 0.05) is 24.7 Å². The van der Waals surface area contributed by atoms with Gasteiger partial charge < -0.3 is 15.0 Å². The zero-order valence-electron chi connectivity index (χ0n) is 19.8. The van der Waals surface area contributed by atoms with Gasteiger partial charge in [-0.2, -0.15) is 0 Å². The highest BCUT2D eigenvalue weighted by Gasteiger charge is 2.33. The molecule has 0 unspecified atom stereocenters. The van der Waals surface area contributed by atoms with Gasteiger partial charge in [0.05, 0.1) is 18.8 Å². The highest BCUT2D eigenvalue weighted by atomic mass is 19.1. The Morgan fingerprint density at radius 1 is 1.09 bits per heavy atom. The maximum absolute atomic E-state index is 13.5. The summed E-state index contributed by atoms with van der Waals surface area (Å²) in [4.78, 5) is 27.6. The van der Waals surface area contributed by atoms with E-state index >= 15 is 0 Å². The van der Waals surface area contributed by atoms with E-state index in [1.807, 2.05) is 19.1 Å². The normalized spacial score (nSPS) is 18.3. The highest BCUT2D eigenvalue weighted by Crippen LogP contribution is 2.28. The monoisotopic (exact) mass is 477 g/mol. The molecular weight excluding hydrogens is 449 g/mol. The summed E-state index contributed by atoms with van der Waals surface area (Å²) >= 11 is 0. The zero-order valence-corrected chi connectivity index (χ0v) is 19.8. The number of fused-ring (bicyclic) bond motifs is 1. The van der Waals surface area contributed by atoms with E-state index < -0.39 is 0 Å². The van der Waals surface area contributed by atoms with E-state index in [0.29, 0.717) is 55.1 Å². The lowest BCUT2D eigenvalue weighted by molar-refractivity contribution is -0.121. The van der Waals surface area contributed by atoms with Crippen molar-refractivity contribution in [2.45, 2.75) is 45.9 Å². The van der Waals surface area contributed by atoms with Gasteiger partial charge in [-0.1, -0.05) is 35.0 Å². The highest BCUT2D eigenvalue weighted by molar-refractivity contribution is 5.94. The van der Waals surface area contributed by atoms with Gasteiger partial charge in [-0.05, 0) is 56.0 Å². The third kappa shape index (κ3) is 4.81. The van der Waals surface area contributed by atoms with Gasteiger partial charge in [0.1, 0.15) is 11.9 Å². The number of halogens is 1. The van der Waals surface area contributed by atoms with E-state index in [0.717, 1.165) is 5.56 Å². The van der Waals surface area contributed by atoms with Crippen LogP contribution in [0.5, 0.6) is 0 Å². The number of anilines is 1. The summed E-state index contributed by atoms with van der Waals surface area (Å²) in [7, 11) is 0. The quantitative estimate of drug-likeness (QED) is 0.618. The predicted octanol–water partition coefficient (Wildman–Crippen LogP) is 3.80. The molecule has 1 atom stereocenters. The Hall–Kier alpha value is -3.59. The SMILES string of the molecule is Cc1ccc([C@@H]2Cn3nnc(C(=O)N4CCC(C(=O)Nc5ccc(F)c(C)c5)CC4)c3CO2)cc1. The van der Waals surface area contributed by atoms with Crippen molar-refractivity contribution >= 4 is 17.5 Å². The van der Waals surface area contributed by atoms with Crippen LogP contribution >= 0.6 is 0 Å². The number of carbonyl (C=O) groups is 2. The van der Waals surface area contributed by atoms with Crippen molar-refractivity contribution in [3.05, 3.63) is 76.4 Å². The molecule has 1 fully saturated rings. The number of aryl methyl sites for hydroxylation is 2. The smallest absolute Gasteiger partial charge is 0.276 e. The molecule has 1 saturated heterocycles.